The van der Waals surface area contributed by atoms with E-state index in [2.05, 4.69) is 26.2 Å². The average molecular weight is 391 g/mol. The number of nitrogens with zero attached hydrogens (tertiary/aromatic N) is 1. The average Bonchev–Trinajstić information content (AvgIpc) is 2.99. The number of thiazole rings is 1. The Morgan fingerprint density at radius 2 is 2.00 bits per heavy atom. The first-order valence-electron chi connectivity index (χ1n) is 6.86. The lowest BCUT2D eigenvalue weighted by Gasteiger charge is -2.05. The number of benzene rings is 2. The van der Waals surface area contributed by atoms with Gasteiger partial charge in [0, 0.05) is 15.4 Å². The number of carbonyl (C=O) groups excluding carboxylic acids is 1. The summed E-state index contributed by atoms with van der Waals surface area (Å²) >= 11 is 4.66. The van der Waals surface area contributed by atoms with E-state index in [1.807, 2.05) is 35.7 Å². The first kappa shape index (κ1) is 15.8. The second kappa shape index (κ2) is 7.02. The summed E-state index contributed by atoms with van der Waals surface area (Å²) in [7, 11) is 0. The van der Waals surface area contributed by atoms with Gasteiger partial charge in [-0.05, 0) is 18.2 Å². The Hall–Kier alpha value is -2.05. The maximum absolute atomic E-state index is 13.7. The van der Waals surface area contributed by atoms with Crippen LogP contribution in [-0.4, -0.2) is 10.9 Å². The lowest BCUT2D eigenvalue weighted by atomic mass is 10.2. The highest BCUT2D eigenvalue weighted by Crippen LogP contribution is 2.24. The molecule has 2 aromatic carbocycles. The molecule has 0 saturated heterocycles. The Bertz CT molecular complexity index is 836. The lowest BCUT2D eigenvalue weighted by Crippen LogP contribution is -2.15. The molecular weight excluding hydrogens is 379 g/mol. The molecule has 0 aliphatic carbocycles. The Balaban J connectivity index is 1.68. The summed E-state index contributed by atoms with van der Waals surface area (Å²) in [5, 5.41) is 5.28. The molecule has 1 amide bonds. The van der Waals surface area contributed by atoms with Crippen LogP contribution in [0.1, 0.15) is 5.69 Å². The number of rotatable bonds is 4. The number of hydrogen-bond acceptors (Lipinski definition) is 3. The minimum atomic E-state index is -0.476. The Morgan fingerprint density at radius 1 is 1.22 bits per heavy atom. The van der Waals surface area contributed by atoms with Crippen molar-refractivity contribution in [3.8, 4) is 10.6 Å². The summed E-state index contributed by atoms with van der Waals surface area (Å²) in [5.74, 6) is -0.771. The number of halogens is 2. The monoisotopic (exact) mass is 390 g/mol. The van der Waals surface area contributed by atoms with Crippen LogP contribution in [0.3, 0.4) is 0 Å². The molecule has 23 heavy (non-hydrogen) atoms. The molecule has 3 nitrogen and oxygen atoms in total. The molecule has 0 unspecified atom stereocenters. The van der Waals surface area contributed by atoms with Gasteiger partial charge in [0.15, 0.2) is 0 Å². The molecular formula is C17H12BrFN2OS. The summed E-state index contributed by atoms with van der Waals surface area (Å²) in [6, 6.07) is 14.3. The Morgan fingerprint density at radius 3 is 2.74 bits per heavy atom. The number of amides is 1. The van der Waals surface area contributed by atoms with Crippen LogP contribution in [0.15, 0.2) is 58.4 Å². The van der Waals surface area contributed by atoms with Gasteiger partial charge in [-0.2, -0.15) is 0 Å². The maximum atomic E-state index is 13.7. The van der Waals surface area contributed by atoms with Gasteiger partial charge in [-0.25, -0.2) is 9.37 Å². The number of anilines is 1. The first-order valence-corrected chi connectivity index (χ1v) is 8.54. The fraction of sp³-hybridized carbons (Fsp3) is 0.0588. The van der Waals surface area contributed by atoms with Gasteiger partial charge in [0.2, 0.25) is 5.91 Å². The van der Waals surface area contributed by atoms with Crippen LogP contribution in [0, 0.1) is 5.82 Å². The molecule has 0 aliphatic heterocycles. The molecule has 3 aromatic rings. The molecule has 3 rings (SSSR count). The van der Waals surface area contributed by atoms with Gasteiger partial charge in [0.1, 0.15) is 10.8 Å². The second-order valence-corrected chi connectivity index (χ2v) is 6.63. The van der Waals surface area contributed by atoms with E-state index in [-0.39, 0.29) is 18.0 Å². The SMILES string of the molecule is O=C(Cc1csc(-c2ccccc2)n1)Nc1ccc(Br)cc1F. The Labute approximate surface area is 145 Å². The van der Waals surface area contributed by atoms with Crippen molar-refractivity contribution < 1.29 is 9.18 Å². The molecule has 0 saturated carbocycles. The second-order valence-electron chi connectivity index (χ2n) is 4.86. The molecule has 1 aromatic heterocycles. The van der Waals surface area contributed by atoms with Crippen molar-refractivity contribution in [1.82, 2.24) is 4.98 Å². The number of nitrogens with one attached hydrogen (secondary N) is 1. The standard InChI is InChI=1S/C17H12BrFN2OS/c18-12-6-7-15(14(19)8-12)21-16(22)9-13-10-23-17(20-13)11-4-2-1-3-5-11/h1-8,10H,9H2,(H,21,22). The minimum absolute atomic E-state index is 0.110. The fourth-order valence-electron chi connectivity index (χ4n) is 2.05. The highest BCUT2D eigenvalue weighted by molar-refractivity contribution is 9.10. The molecule has 0 bridgehead atoms. The molecule has 6 heteroatoms. The highest BCUT2D eigenvalue weighted by Gasteiger charge is 2.11. The van der Waals surface area contributed by atoms with Crippen molar-refractivity contribution in [1.29, 1.82) is 0 Å². The topological polar surface area (TPSA) is 42.0 Å². The molecule has 0 radical (unpaired) electrons. The van der Waals surface area contributed by atoms with E-state index >= 15 is 0 Å². The molecule has 0 spiro atoms. The molecule has 0 aliphatic rings. The smallest absolute Gasteiger partial charge is 0.230 e. The highest BCUT2D eigenvalue weighted by atomic mass is 79.9. The molecule has 0 atom stereocenters. The van der Waals surface area contributed by atoms with Gasteiger partial charge in [-0.3, -0.25) is 4.79 Å². The summed E-state index contributed by atoms with van der Waals surface area (Å²) in [4.78, 5) is 16.5. The van der Waals surface area contributed by atoms with Crippen LogP contribution in [-0.2, 0) is 11.2 Å². The van der Waals surface area contributed by atoms with Crippen molar-refractivity contribution in [2.45, 2.75) is 6.42 Å². The third-order valence-corrected chi connectivity index (χ3v) is 4.55. The zero-order chi connectivity index (χ0) is 16.2. The van der Waals surface area contributed by atoms with Crippen LogP contribution in [0.4, 0.5) is 10.1 Å². The van der Waals surface area contributed by atoms with Gasteiger partial charge >= 0.3 is 0 Å². The van der Waals surface area contributed by atoms with Crippen molar-refractivity contribution in [2.24, 2.45) is 0 Å². The van der Waals surface area contributed by atoms with Gasteiger partial charge in [0.05, 0.1) is 17.8 Å². The van der Waals surface area contributed by atoms with Gasteiger partial charge in [-0.15, -0.1) is 11.3 Å². The first-order chi connectivity index (χ1) is 11.1. The summed E-state index contributed by atoms with van der Waals surface area (Å²) < 4.78 is 14.3. The van der Waals surface area contributed by atoms with Crippen LogP contribution < -0.4 is 5.32 Å². The number of aromatic nitrogens is 1. The zero-order valence-corrected chi connectivity index (χ0v) is 14.3. The predicted octanol–water partition coefficient (Wildman–Crippen LogP) is 4.89. The third-order valence-electron chi connectivity index (χ3n) is 3.12. The van der Waals surface area contributed by atoms with Crippen molar-refractivity contribution in [2.75, 3.05) is 5.32 Å². The van der Waals surface area contributed by atoms with Crippen LogP contribution in [0.25, 0.3) is 10.6 Å². The molecule has 0 fully saturated rings. The van der Waals surface area contributed by atoms with Crippen LogP contribution in [0.5, 0.6) is 0 Å². The predicted molar refractivity (Wildman–Crippen MR) is 94.0 cm³/mol. The van der Waals surface area contributed by atoms with Crippen molar-refractivity contribution >= 4 is 38.9 Å². The quantitative estimate of drug-likeness (QED) is 0.688. The molecule has 1 N–H and O–H groups in total. The van der Waals surface area contributed by atoms with Gasteiger partial charge in [-0.1, -0.05) is 46.3 Å². The number of hydrogen-bond donors (Lipinski definition) is 1. The van der Waals surface area contributed by atoms with E-state index in [9.17, 15) is 9.18 Å². The summed E-state index contributed by atoms with van der Waals surface area (Å²) in [5.41, 5.74) is 1.85. The summed E-state index contributed by atoms with van der Waals surface area (Å²) in [6.07, 6.45) is 0.110. The maximum Gasteiger partial charge on any atom is 0.230 e. The molecule has 1 heterocycles. The summed E-state index contributed by atoms with van der Waals surface area (Å²) in [6.45, 7) is 0. The van der Waals surface area contributed by atoms with E-state index in [1.54, 1.807) is 6.07 Å². The number of carbonyl (C=O) groups is 1. The van der Waals surface area contributed by atoms with Crippen LogP contribution >= 0.6 is 27.3 Å². The minimum Gasteiger partial charge on any atom is -0.323 e. The Kier molecular flexibility index (Phi) is 4.83. The van der Waals surface area contributed by atoms with Crippen molar-refractivity contribution in [3.05, 3.63) is 69.9 Å². The van der Waals surface area contributed by atoms with E-state index in [4.69, 9.17) is 0 Å². The zero-order valence-electron chi connectivity index (χ0n) is 11.9. The third kappa shape index (κ3) is 4.03. The van der Waals surface area contributed by atoms with E-state index in [1.165, 1.54) is 23.5 Å². The van der Waals surface area contributed by atoms with Gasteiger partial charge < -0.3 is 5.32 Å². The van der Waals surface area contributed by atoms with E-state index in [0.717, 1.165) is 10.6 Å². The fourth-order valence-corrected chi connectivity index (χ4v) is 3.21. The lowest BCUT2D eigenvalue weighted by molar-refractivity contribution is -0.115. The van der Waals surface area contributed by atoms with Crippen LogP contribution in [0.2, 0.25) is 0 Å². The largest absolute Gasteiger partial charge is 0.323 e. The van der Waals surface area contributed by atoms with Crippen molar-refractivity contribution in [3.63, 3.8) is 0 Å². The van der Waals surface area contributed by atoms with E-state index < -0.39 is 5.82 Å². The normalized spacial score (nSPS) is 10.5. The van der Waals surface area contributed by atoms with Gasteiger partial charge in [0.25, 0.3) is 0 Å². The van der Waals surface area contributed by atoms with E-state index in [0.29, 0.717) is 10.2 Å². The molecule has 116 valence electrons.